The quantitative estimate of drug-likeness (QED) is 0.253. The molecule has 1 aromatic heterocycles. The molecular weight excluding hydrogens is 574 g/mol. The SMILES string of the molecule is CCC[C@H](N[C@H]1CCc2cc(F)cc(F)c2C1)C(=O)Nc1cn(-c2ccccc2CNCC2CCCN(C(=O)C(C)C)C2)cn1. The minimum atomic E-state index is -0.550. The molecule has 3 atom stereocenters. The lowest BCUT2D eigenvalue weighted by Gasteiger charge is -2.34. The van der Waals surface area contributed by atoms with Crippen LogP contribution in [0.5, 0.6) is 0 Å². The number of halogens is 2. The third-order valence-corrected chi connectivity index (χ3v) is 8.97. The van der Waals surface area contributed by atoms with Crippen LogP contribution in [0, 0.1) is 23.5 Å². The standard InChI is InChI=1S/C35H46F2N6O2/c1-4-8-31(40-28-13-12-25-15-27(36)16-30(37)29(25)17-28)34(44)41-33-21-43(22-39-33)32-11-6-5-10-26(32)19-38-18-24-9-7-14-42(20-24)35(45)23(2)3/h5-6,10-11,15-16,21-24,28,31,38,40H,4,7-9,12-14,17-20H2,1-3H3,(H,41,44)/t24?,28-,31-/m0/s1. The highest BCUT2D eigenvalue weighted by Crippen LogP contribution is 2.26. The Morgan fingerprint density at radius 2 is 1.96 bits per heavy atom. The van der Waals surface area contributed by atoms with Crippen LogP contribution in [0.25, 0.3) is 5.69 Å². The van der Waals surface area contributed by atoms with E-state index in [1.165, 1.54) is 6.07 Å². The summed E-state index contributed by atoms with van der Waals surface area (Å²) in [6, 6.07) is 9.91. The minimum Gasteiger partial charge on any atom is -0.342 e. The van der Waals surface area contributed by atoms with Crippen molar-refractivity contribution in [2.45, 2.75) is 84.3 Å². The lowest BCUT2D eigenvalue weighted by molar-refractivity contribution is -0.136. The summed E-state index contributed by atoms with van der Waals surface area (Å²) in [6.45, 7) is 9.10. The van der Waals surface area contributed by atoms with E-state index in [9.17, 15) is 18.4 Å². The molecule has 10 heteroatoms. The van der Waals surface area contributed by atoms with Crippen LogP contribution in [0.4, 0.5) is 14.6 Å². The summed E-state index contributed by atoms with van der Waals surface area (Å²) in [7, 11) is 0. The van der Waals surface area contributed by atoms with Gasteiger partial charge < -0.3 is 25.4 Å². The number of rotatable bonds is 12. The fraction of sp³-hybridized carbons (Fsp3) is 0.514. The number of anilines is 1. The van der Waals surface area contributed by atoms with Crippen molar-refractivity contribution in [3.8, 4) is 5.69 Å². The van der Waals surface area contributed by atoms with Gasteiger partial charge in [-0.3, -0.25) is 9.59 Å². The minimum absolute atomic E-state index is 0.0245. The number of nitrogens with one attached hydrogen (secondary N) is 3. The van der Waals surface area contributed by atoms with E-state index in [1.807, 2.05) is 54.6 Å². The van der Waals surface area contributed by atoms with Crippen molar-refractivity contribution < 1.29 is 18.4 Å². The molecule has 0 spiro atoms. The number of nitrogens with zero attached hydrogens (tertiary/aromatic N) is 3. The molecule has 1 saturated heterocycles. The van der Waals surface area contributed by atoms with Crippen molar-refractivity contribution >= 4 is 17.6 Å². The van der Waals surface area contributed by atoms with E-state index in [4.69, 9.17) is 0 Å². The van der Waals surface area contributed by atoms with Crippen LogP contribution in [0.1, 0.15) is 69.6 Å². The first kappa shape index (κ1) is 32.8. The zero-order chi connectivity index (χ0) is 31.9. The highest BCUT2D eigenvalue weighted by molar-refractivity contribution is 5.94. The van der Waals surface area contributed by atoms with E-state index in [0.29, 0.717) is 55.1 Å². The maximum atomic E-state index is 14.5. The molecule has 2 amide bonds. The van der Waals surface area contributed by atoms with E-state index in [2.05, 4.69) is 27.0 Å². The molecule has 3 aromatic rings. The maximum absolute atomic E-state index is 14.5. The number of likely N-dealkylation sites (tertiary alicyclic amines) is 1. The third kappa shape index (κ3) is 8.35. The molecule has 0 bridgehead atoms. The predicted octanol–water partition coefficient (Wildman–Crippen LogP) is 5.39. The fourth-order valence-corrected chi connectivity index (χ4v) is 6.64. The first-order valence-corrected chi connectivity index (χ1v) is 16.4. The molecule has 2 heterocycles. The van der Waals surface area contributed by atoms with Crippen molar-refractivity contribution in [2.24, 2.45) is 11.8 Å². The van der Waals surface area contributed by atoms with Gasteiger partial charge in [0.15, 0.2) is 5.82 Å². The lowest BCUT2D eigenvalue weighted by Crippen LogP contribution is -2.48. The molecule has 2 aliphatic rings. The third-order valence-electron chi connectivity index (χ3n) is 8.97. The Labute approximate surface area is 265 Å². The van der Waals surface area contributed by atoms with Gasteiger partial charge >= 0.3 is 0 Å². The Kier molecular flexibility index (Phi) is 11.0. The topological polar surface area (TPSA) is 91.3 Å². The number of fused-ring (bicyclic) bond motifs is 1. The maximum Gasteiger partial charge on any atom is 0.242 e. The number of carbonyl (C=O) groups excluding carboxylic acids is 2. The summed E-state index contributed by atoms with van der Waals surface area (Å²) in [5.74, 6) is -0.107. The highest BCUT2D eigenvalue weighted by atomic mass is 19.1. The monoisotopic (exact) mass is 620 g/mol. The molecule has 1 fully saturated rings. The first-order chi connectivity index (χ1) is 21.7. The molecule has 5 rings (SSSR count). The van der Waals surface area contributed by atoms with Gasteiger partial charge in [-0.1, -0.05) is 45.4 Å². The number of aromatic nitrogens is 2. The van der Waals surface area contributed by atoms with Gasteiger partial charge in [-0.15, -0.1) is 0 Å². The number of hydrogen-bond donors (Lipinski definition) is 3. The molecule has 45 heavy (non-hydrogen) atoms. The molecule has 2 aromatic carbocycles. The Hall–Kier alpha value is -3.63. The molecule has 1 unspecified atom stereocenters. The van der Waals surface area contributed by atoms with Crippen LogP contribution in [0.3, 0.4) is 0 Å². The van der Waals surface area contributed by atoms with Crippen LogP contribution in [-0.4, -0.2) is 58.0 Å². The van der Waals surface area contributed by atoms with E-state index in [0.717, 1.165) is 56.2 Å². The van der Waals surface area contributed by atoms with Crippen molar-refractivity contribution in [1.82, 2.24) is 25.1 Å². The summed E-state index contributed by atoms with van der Waals surface area (Å²) < 4.78 is 30.0. The zero-order valence-electron chi connectivity index (χ0n) is 26.6. The van der Waals surface area contributed by atoms with Crippen LogP contribution in [-0.2, 0) is 29.0 Å². The molecular formula is C35H46F2N6O2. The van der Waals surface area contributed by atoms with E-state index >= 15 is 0 Å². The molecule has 1 aliphatic heterocycles. The second kappa shape index (κ2) is 15.1. The van der Waals surface area contributed by atoms with Crippen molar-refractivity contribution in [3.05, 3.63) is 77.2 Å². The van der Waals surface area contributed by atoms with Gasteiger partial charge in [0.2, 0.25) is 11.8 Å². The second-order valence-corrected chi connectivity index (χ2v) is 12.8. The van der Waals surface area contributed by atoms with Crippen LogP contribution < -0.4 is 16.0 Å². The average Bonchev–Trinajstić information content (AvgIpc) is 3.49. The molecule has 242 valence electrons. The lowest BCUT2D eigenvalue weighted by atomic mass is 9.87. The first-order valence-electron chi connectivity index (χ1n) is 16.4. The van der Waals surface area contributed by atoms with Gasteiger partial charge in [0.1, 0.15) is 18.0 Å². The summed E-state index contributed by atoms with van der Waals surface area (Å²) in [5, 5.41) is 10.00. The summed E-state index contributed by atoms with van der Waals surface area (Å²) in [4.78, 5) is 32.3. The summed E-state index contributed by atoms with van der Waals surface area (Å²) in [5.41, 5.74) is 3.32. The van der Waals surface area contributed by atoms with Crippen molar-refractivity contribution in [3.63, 3.8) is 0 Å². The summed E-state index contributed by atoms with van der Waals surface area (Å²) >= 11 is 0. The molecule has 8 nitrogen and oxygen atoms in total. The van der Waals surface area contributed by atoms with Crippen LogP contribution in [0.15, 0.2) is 48.9 Å². The fourth-order valence-electron chi connectivity index (χ4n) is 6.64. The normalized spacial score (nSPS) is 18.9. The second-order valence-electron chi connectivity index (χ2n) is 12.8. The Morgan fingerprint density at radius 3 is 2.76 bits per heavy atom. The number of hydrogen-bond acceptors (Lipinski definition) is 5. The van der Waals surface area contributed by atoms with Gasteiger partial charge in [-0.05, 0) is 79.8 Å². The Balaban J connectivity index is 1.17. The number of para-hydroxylation sites is 1. The molecule has 0 saturated carbocycles. The average molecular weight is 621 g/mol. The number of carbonyl (C=O) groups is 2. The van der Waals surface area contributed by atoms with Crippen molar-refractivity contribution in [2.75, 3.05) is 25.0 Å². The predicted molar refractivity (Wildman–Crippen MR) is 172 cm³/mol. The van der Waals surface area contributed by atoms with Crippen LogP contribution >= 0.6 is 0 Å². The van der Waals surface area contributed by atoms with E-state index in [-0.39, 0.29) is 23.8 Å². The smallest absolute Gasteiger partial charge is 0.242 e. The largest absolute Gasteiger partial charge is 0.342 e. The van der Waals surface area contributed by atoms with E-state index < -0.39 is 17.7 Å². The van der Waals surface area contributed by atoms with Gasteiger partial charge in [-0.25, -0.2) is 13.8 Å². The van der Waals surface area contributed by atoms with Gasteiger partial charge in [-0.2, -0.15) is 0 Å². The molecule has 0 radical (unpaired) electrons. The van der Waals surface area contributed by atoms with Gasteiger partial charge in [0.05, 0.1) is 17.9 Å². The molecule has 1 aliphatic carbocycles. The number of imidazole rings is 1. The Morgan fingerprint density at radius 1 is 1.13 bits per heavy atom. The number of amides is 2. The van der Waals surface area contributed by atoms with E-state index in [1.54, 1.807) is 6.33 Å². The molecule has 3 N–H and O–H groups in total. The van der Waals surface area contributed by atoms with Gasteiger partial charge in [0, 0.05) is 37.7 Å². The van der Waals surface area contributed by atoms with Crippen molar-refractivity contribution in [1.29, 1.82) is 0 Å². The number of benzene rings is 2. The Bertz CT molecular complexity index is 1470. The summed E-state index contributed by atoms with van der Waals surface area (Å²) in [6.07, 6.45) is 8.79. The number of aryl methyl sites for hydroxylation is 1. The highest BCUT2D eigenvalue weighted by Gasteiger charge is 2.28. The zero-order valence-corrected chi connectivity index (χ0v) is 26.6. The van der Waals surface area contributed by atoms with Crippen LogP contribution in [0.2, 0.25) is 0 Å². The number of piperidine rings is 1. The van der Waals surface area contributed by atoms with Gasteiger partial charge in [0.25, 0.3) is 0 Å².